The van der Waals surface area contributed by atoms with Gasteiger partial charge >= 0.3 is 0 Å². The molecule has 19 heavy (non-hydrogen) atoms. The lowest BCUT2D eigenvalue weighted by atomic mass is 10.0. The van der Waals surface area contributed by atoms with Crippen LogP contribution in [-0.2, 0) is 4.79 Å². The van der Waals surface area contributed by atoms with Crippen molar-refractivity contribution < 1.29 is 9.53 Å². The van der Waals surface area contributed by atoms with Gasteiger partial charge < -0.3 is 15.4 Å². The molecule has 0 fully saturated rings. The smallest absolute Gasteiger partial charge is 0.267 e. The number of fused-ring (bicyclic) bond motifs is 1. The first-order chi connectivity index (χ1) is 9.02. The molecule has 0 bridgehead atoms. The Morgan fingerprint density at radius 1 is 1.47 bits per heavy atom. The van der Waals surface area contributed by atoms with E-state index in [1.165, 1.54) is 0 Å². The summed E-state index contributed by atoms with van der Waals surface area (Å²) in [5.41, 5.74) is 7.26. The molecule has 0 radical (unpaired) electrons. The maximum absolute atomic E-state index is 12.3. The number of nitrogen functional groups attached to an aromatic ring is 1. The second kappa shape index (κ2) is 5.51. The molecule has 1 aromatic carbocycles. The third kappa shape index (κ3) is 2.83. The van der Waals surface area contributed by atoms with Crippen LogP contribution in [0.5, 0.6) is 5.75 Å². The summed E-state index contributed by atoms with van der Waals surface area (Å²) in [5, 5.41) is 0. The van der Waals surface area contributed by atoms with Crippen LogP contribution in [0.25, 0.3) is 0 Å². The van der Waals surface area contributed by atoms with Crippen LogP contribution >= 0.6 is 0 Å². The normalized spacial score (nSPS) is 19.8. The van der Waals surface area contributed by atoms with Crippen molar-refractivity contribution in [3.63, 3.8) is 0 Å². The maximum atomic E-state index is 12.3. The van der Waals surface area contributed by atoms with Gasteiger partial charge in [-0.2, -0.15) is 0 Å². The molecule has 2 rings (SSSR count). The molecule has 4 heteroatoms. The molecule has 2 atom stereocenters. The molecule has 0 spiro atoms. The molecule has 1 heterocycles. The molecule has 0 aliphatic carbocycles. The summed E-state index contributed by atoms with van der Waals surface area (Å²) >= 11 is 0. The average molecular weight is 262 g/mol. The fourth-order valence-corrected chi connectivity index (χ4v) is 2.51. The standard InChI is InChI=1S/C15H22N2O2/c1-4-5-10(2)9-17-13-7-6-12(16)8-14(13)19-11(3)15(17)18/h6-8,10-11H,4-5,9,16H2,1-3H3. The number of hydrogen-bond donors (Lipinski definition) is 1. The van der Waals surface area contributed by atoms with Gasteiger partial charge in [0.2, 0.25) is 0 Å². The Labute approximate surface area is 114 Å². The topological polar surface area (TPSA) is 55.6 Å². The lowest BCUT2D eigenvalue weighted by Gasteiger charge is -2.34. The second-order valence-electron chi connectivity index (χ2n) is 5.33. The van der Waals surface area contributed by atoms with E-state index in [1.54, 1.807) is 13.0 Å². The third-order valence-corrected chi connectivity index (χ3v) is 3.47. The first-order valence-corrected chi connectivity index (χ1v) is 6.90. The predicted molar refractivity (Wildman–Crippen MR) is 77.4 cm³/mol. The van der Waals surface area contributed by atoms with E-state index in [4.69, 9.17) is 10.5 Å². The Morgan fingerprint density at radius 2 is 2.21 bits per heavy atom. The fourth-order valence-electron chi connectivity index (χ4n) is 2.51. The van der Waals surface area contributed by atoms with Crippen LogP contribution in [0.3, 0.4) is 0 Å². The molecular formula is C15H22N2O2. The van der Waals surface area contributed by atoms with E-state index in [2.05, 4.69) is 13.8 Å². The zero-order chi connectivity index (χ0) is 14.0. The molecule has 1 amide bonds. The van der Waals surface area contributed by atoms with E-state index < -0.39 is 6.10 Å². The van der Waals surface area contributed by atoms with Gasteiger partial charge in [0.15, 0.2) is 6.10 Å². The second-order valence-corrected chi connectivity index (χ2v) is 5.33. The van der Waals surface area contributed by atoms with Crippen molar-refractivity contribution in [2.75, 3.05) is 17.2 Å². The van der Waals surface area contributed by atoms with E-state index >= 15 is 0 Å². The molecule has 0 saturated heterocycles. The number of ether oxygens (including phenoxy) is 1. The van der Waals surface area contributed by atoms with E-state index in [1.807, 2.05) is 17.0 Å². The number of hydrogen-bond acceptors (Lipinski definition) is 3. The van der Waals surface area contributed by atoms with Crippen molar-refractivity contribution in [2.24, 2.45) is 5.92 Å². The highest BCUT2D eigenvalue weighted by molar-refractivity contribution is 6.00. The molecule has 104 valence electrons. The average Bonchev–Trinajstić information content (AvgIpc) is 2.35. The van der Waals surface area contributed by atoms with E-state index in [9.17, 15) is 4.79 Å². The van der Waals surface area contributed by atoms with Crippen LogP contribution in [0.15, 0.2) is 18.2 Å². The van der Waals surface area contributed by atoms with Crippen molar-refractivity contribution in [1.29, 1.82) is 0 Å². The van der Waals surface area contributed by atoms with Crippen LogP contribution in [0.1, 0.15) is 33.6 Å². The highest BCUT2D eigenvalue weighted by Gasteiger charge is 2.32. The minimum absolute atomic E-state index is 0.0280. The van der Waals surface area contributed by atoms with Crippen molar-refractivity contribution in [3.8, 4) is 5.75 Å². The molecular weight excluding hydrogens is 240 g/mol. The van der Waals surface area contributed by atoms with Gasteiger partial charge in [-0.15, -0.1) is 0 Å². The fraction of sp³-hybridized carbons (Fsp3) is 0.533. The van der Waals surface area contributed by atoms with Crippen LogP contribution in [0.2, 0.25) is 0 Å². The van der Waals surface area contributed by atoms with Gasteiger partial charge in [-0.3, -0.25) is 4.79 Å². The van der Waals surface area contributed by atoms with Gasteiger partial charge in [0, 0.05) is 18.3 Å². The summed E-state index contributed by atoms with van der Waals surface area (Å²) in [6.07, 6.45) is 1.80. The number of nitrogens with zero attached hydrogens (tertiary/aromatic N) is 1. The molecule has 2 unspecified atom stereocenters. The van der Waals surface area contributed by atoms with Crippen LogP contribution in [0, 0.1) is 5.92 Å². The predicted octanol–water partition coefficient (Wildman–Crippen LogP) is 2.82. The molecule has 1 aliphatic heterocycles. The maximum Gasteiger partial charge on any atom is 0.267 e. The number of rotatable bonds is 4. The number of carbonyl (C=O) groups excluding carboxylic acids is 1. The highest BCUT2D eigenvalue weighted by Crippen LogP contribution is 2.36. The minimum Gasteiger partial charge on any atom is -0.479 e. The Balaban J connectivity index is 2.29. The number of anilines is 2. The molecule has 0 saturated carbocycles. The summed E-state index contributed by atoms with van der Waals surface area (Å²) < 4.78 is 5.63. The van der Waals surface area contributed by atoms with Gasteiger partial charge in [0.25, 0.3) is 5.91 Å². The van der Waals surface area contributed by atoms with Gasteiger partial charge in [-0.1, -0.05) is 20.3 Å². The molecule has 4 nitrogen and oxygen atoms in total. The monoisotopic (exact) mass is 262 g/mol. The summed E-state index contributed by atoms with van der Waals surface area (Å²) in [4.78, 5) is 14.1. The van der Waals surface area contributed by atoms with Crippen LogP contribution in [0.4, 0.5) is 11.4 Å². The SMILES string of the molecule is CCCC(C)CN1C(=O)C(C)Oc2cc(N)ccc21. The van der Waals surface area contributed by atoms with Gasteiger partial charge in [0.05, 0.1) is 5.69 Å². The number of amides is 1. The Kier molecular flexibility index (Phi) is 3.98. The van der Waals surface area contributed by atoms with Crippen LogP contribution < -0.4 is 15.4 Å². The summed E-state index contributed by atoms with van der Waals surface area (Å²) in [5.74, 6) is 1.21. The Hall–Kier alpha value is -1.71. The van der Waals surface area contributed by atoms with Gasteiger partial charge in [0.1, 0.15) is 5.75 Å². The van der Waals surface area contributed by atoms with E-state index in [0.717, 1.165) is 25.1 Å². The van der Waals surface area contributed by atoms with Crippen molar-refractivity contribution in [3.05, 3.63) is 18.2 Å². The van der Waals surface area contributed by atoms with Crippen molar-refractivity contribution >= 4 is 17.3 Å². The van der Waals surface area contributed by atoms with Crippen molar-refractivity contribution in [2.45, 2.75) is 39.7 Å². The molecule has 1 aromatic rings. The highest BCUT2D eigenvalue weighted by atomic mass is 16.5. The van der Waals surface area contributed by atoms with E-state index in [-0.39, 0.29) is 5.91 Å². The minimum atomic E-state index is -0.442. The lowest BCUT2D eigenvalue weighted by Crippen LogP contribution is -2.46. The molecule has 0 aromatic heterocycles. The summed E-state index contributed by atoms with van der Waals surface area (Å²) in [6, 6.07) is 5.46. The van der Waals surface area contributed by atoms with Gasteiger partial charge in [-0.25, -0.2) is 0 Å². The first kappa shape index (κ1) is 13.7. The Morgan fingerprint density at radius 3 is 2.89 bits per heavy atom. The zero-order valence-corrected chi connectivity index (χ0v) is 11.8. The third-order valence-electron chi connectivity index (χ3n) is 3.47. The zero-order valence-electron chi connectivity index (χ0n) is 11.8. The van der Waals surface area contributed by atoms with Crippen LogP contribution in [-0.4, -0.2) is 18.6 Å². The van der Waals surface area contributed by atoms with E-state index in [0.29, 0.717) is 17.4 Å². The molecule has 2 N–H and O–H groups in total. The molecule has 1 aliphatic rings. The lowest BCUT2D eigenvalue weighted by molar-refractivity contribution is -0.125. The number of nitrogens with two attached hydrogens (primary N) is 1. The number of carbonyl (C=O) groups is 1. The Bertz CT molecular complexity index is 473. The summed E-state index contributed by atoms with van der Waals surface area (Å²) in [7, 11) is 0. The number of benzene rings is 1. The largest absolute Gasteiger partial charge is 0.479 e. The summed E-state index contributed by atoms with van der Waals surface area (Å²) in [6.45, 7) is 6.85. The van der Waals surface area contributed by atoms with Crippen molar-refractivity contribution in [1.82, 2.24) is 0 Å². The quantitative estimate of drug-likeness (QED) is 0.849. The first-order valence-electron chi connectivity index (χ1n) is 6.90. The van der Waals surface area contributed by atoms with Gasteiger partial charge in [-0.05, 0) is 31.4 Å².